The van der Waals surface area contributed by atoms with Crippen molar-refractivity contribution in [2.75, 3.05) is 0 Å². The molecule has 0 heterocycles. The quantitative estimate of drug-likeness (QED) is 0.857. The number of hydrogen-bond donors (Lipinski definition) is 2. The molecule has 3 nitrogen and oxygen atoms in total. The zero-order chi connectivity index (χ0) is 13.3. The fraction of sp³-hybridized carbons (Fsp3) is 0.500. The van der Waals surface area contributed by atoms with Gasteiger partial charge >= 0.3 is 0 Å². The van der Waals surface area contributed by atoms with Gasteiger partial charge in [0, 0.05) is 0 Å². The molecule has 98 valence electrons. The Bertz CT molecular complexity index is 455. The van der Waals surface area contributed by atoms with Gasteiger partial charge in [0.05, 0.1) is 11.6 Å². The van der Waals surface area contributed by atoms with Gasteiger partial charge in [0.1, 0.15) is 5.82 Å². The van der Waals surface area contributed by atoms with Gasteiger partial charge in [-0.05, 0) is 36.5 Å². The molecule has 1 aliphatic carbocycles. The fourth-order valence-electron chi connectivity index (χ4n) is 2.02. The zero-order valence-corrected chi connectivity index (χ0v) is 10.7. The van der Waals surface area contributed by atoms with Crippen LogP contribution in [0.4, 0.5) is 4.39 Å². The Labute approximate surface area is 107 Å². The predicted molar refractivity (Wildman–Crippen MR) is 68.3 cm³/mol. The van der Waals surface area contributed by atoms with E-state index in [4.69, 9.17) is 5.73 Å². The first kappa shape index (κ1) is 13.0. The molecule has 0 saturated heterocycles. The van der Waals surface area contributed by atoms with E-state index in [9.17, 15) is 9.18 Å². The first-order chi connectivity index (χ1) is 8.44. The maximum Gasteiger partial charge on any atom is 0.237 e. The van der Waals surface area contributed by atoms with Gasteiger partial charge in [-0.3, -0.25) is 4.79 Å². The number of benzene rings is 1. The van der Waals surface area contributed by atoms with Crippen LogP contribution in [0.3, 0.4) is 0 Å². The summed E-state index contributed by atoms with van der Waals surface area (Å²) in [6, 6.07) is 5.88. The molecule has 0 bridgehead atoms. The average molecular weight is 250 g/mol. The lowest BCUT2D eigenvalue weighted by Gasteiger charge is -2.22. The van der Waals surface area contributed by atoms with Crippen molar-refractivity contribution >= 4 is 5.91 Å². The number of amides is 1. The van der Waals surface area contributed by atoms with E-state index in [1.165, 1.54) is 12.1 Å². The van der Waals surface area contributed by atoms with E-state index in [1.807, 2.05) is 19.9 Å². The summed E-state index contributed by atoms with van der Waals surface area (Å²) in [7, 11) is 0. The second-order valence-corrected chi connectivity index (χ2v) is 5.35. The maximum absolute atomic E-state index is 13.2. The molecule has 3 N–H and O–H groups in total. The van der Waals surface area contributed by atoms with Crippen molar-refractivity contribution in [3.05, 3.63) is 35.6 Å². The highest BCUT2D eigenvalue weighted by Gasteiger charge is 2.46. The Kier molecular flexibility index (Phi) is 3.39. The number of hydrogen-bond acceptors (Lipinski definition) is 2. The van der Waals surface area contributed by atoms with Crippen LogP contribution >= 0.6 is 0 Å². The molecule has 1 aliphatic rings. The third-order valence-corrected chi connectivity index (χ3v) is 3.51. The van der Waals surface area contributed by atoms with E-state index < -0.39 is 11.6 Å². The van der Waals surface area contributed by atoms with Crippen LogP contribution in [0, 0.1) is 11.7 Å². The van der Waals surface area contributed by atoms with Crippen LogP contribution in [0.2, 0.25) is 0 Å². The van der Waals surface area contributed by atoms with E-state index in [0.717, 1.165) is 18.4 Å². The number of halogens is 1. The number of rotatable bonds is 4. The van der Waals surface area contributed by atoms with Crippen LogP contribution in [-0.4, -0.2) is 11.9 Å². The summed E-state index contributed by atoms with van der Waals surface area (Å²) >= 11 is 0. The highest BCUT2D eigenvalue weighted by atomic mass is 19.1. The number of carbonyl (C=O) groups excluding carboxylic acids is 1. The normalized spacial score (nSPS) is 18.5. The van der Waals surface area contributed by atoms with Crippen LogP contribution < -0.4 is 11.1 Å². The number of carbonyl (C=O) groups is 1. The zero-order valence-electron chi connectivity index (χ0n) is 10.7. The molecule has 0 aliphatic heterocycles. The van der Waals surface area contributed by atoms with Crippen LogP contribution in [-0.2, 0) is 10.3 Å². The minimum atomic E-state index is -0.518. The summed E-state index contributed by atoms with van der Waals surface area (Å²) in [5.74, 6) is -0.346. The molecule has 0 aromatic heterocycles. The fourth-order valence-corrected chi connectivity index (χ4v) is 2.02. The summed E-state index contributed by atoms with van der Waals surface area (Å²) in [5.41, 5.74) is 6.25. The van der Waals surface area contributed by atoms with E-state index in [1.54, 1.807) is 6.07 Å². The summed E-state index contributed by atoms with van der Waals surface area (Å²) in [6.45, 7) is 3.82. The lowest BCUT2D eigenvalue weighted by molar-refractivity contribution is -0.124. The van der Waals surface area contributed by atoms with Crippen molar-refractivity contribution in [1.82, 2.24) is 5.32 Å². The van der Waals surface area contributed by atoms with Gasteiger partial charge < -0.3 is 11.1 Å². The number of nitrogens with two attached hydrogens (primary N) is 1. The third-order valence-electron chi connectivity index (χ3n) is 3.51. The molecule has 1 atom stereocenters. The van der Waals surface area contributed by atoms with E-state index in [-0.39, 0.29) is 17.6 Å². The second-order valence-electron chi connectivity index (χ2n) is 5.35. The molecule has 1 saturated carbocycles. The summed E-state index contributed by atoms with van der Waals surface area (Å²) in [5, 5.41) is 2.96. The SMILES string of the molecule is CC(C)C(N)C(=O)NC1(c2cccc(F)c2)CC1. The summed E-state index contributed by atoms with van der Waals surface area (Å²) in [4.78, 5) is 12.0. The molecular weight excluding hydrogens is 231 g/mol. The molecule has 1 amide bonds. The van der Waals surface area contributed by atoms with Crippen LogP contribution in [0.15, 0.2) is 24.3 Å². The van der Waals surface area contributed by atoms with E-state index >= 15 is 0 Å². The second kappa shape index (κ2) is 4.69. The molecule has 1 aromatic rings. The van der Waals surface area contributed by atoms with Gasteiger partial charge in [0.15, 0.2) is 0 Å². The summed E-state index contributed by atoms with van der Waals surface area (Å²) in [6.07, 6.45) is 1.68. The molecule has 18 heavy (non-hydrogen) atoms. The summed E-state index contributed by atoms with van der Waals surface area (Å²) < 4.78 is 13.2. The van der Waals surface area contributed by atoms with Gasteiger partial charge in [-0.25, -0.2) is 4.39 Å². The maximum atomic E-state index is 13.2. The average Bonchev–Trinajstić information content (AvgIpc) is 3.09. The van der Waals surface area contributed by atoms with Crippen molar-refractivity contribution in [2.45, 2.75) is 38.3 Å². The van der Waals surface area contributed by atoms with Gasteiger partial charge in [0.25, 0.3) is 0 Å². The Hall–Kier alpha value is -1.42. The first-order valence-corrected chi connectivity index (χ1v) is 6.28. The van der Waals surface area contributed by atoms with Gasteiger partial charge in [0.2, 0.25) is 5.91 Å². The van der Waals surface area contributed by atoms with Gasteiger partial charge in [-0.15, -0.1) is 0 Å². The predicted octanol–water partition coefficient (Wildman–Crippen LogP) is 1.91. The lowest BCUT2D eigenvalue weighted by atomic mass is 10.0. The molecule has 1 unspecified atom stereocenters. The molecule has 2 rings (SSSR count). The molecule has 0 spiro atoms. The Morgan fingerprint density at radius 3 is 2.61 bits per heavy atom. The standard InChI is InChI=1S/C14H19FN2O/c1-9(2)12(16)13(18)17-14(6-7-14)10-4-3-5-11(15)8-10/h3-5,8-9,12H,6-7,16H2,1-2H3,(H,17,18). The third kappa shape index (κ3) is 2.53. The molecular formula is C14H19FN2O. The molecule has 0 radical (unpaired) electrons. The van der Waals surface area contributed by atoms with E-state index in [0.29, 0.717) is 0 Å². The first-order valence-electron chi connectivity index (χ1n) is 6.28. The van der Waals surface area contributed by atoms with Crippen LogP contribution in [0.1, 0.15) is 32.3 Å². The Balaban J connectivity index is 2.11. The molecule has 4 heteroatoms. The van der Waals surface area contributed by atoms with Crippen molar-refractivity contribution in [3.8, 4) is 0 Å². The van der Waals surface area contributed by atoms with Crippen LogP contribution in [0.5, 0.6) is 0 Å². The highest BCUT2D eigenvalue weighted by Crippen LogP contribution is 2.45. The largest absolute Gasteiger partial charge is 0.345 e. The monoisotopic (exact) mass is 250 g/mol. The lowest BCUT2D eigenvalue weighted by Crippen LogP contribution is -2.47. The van der Waals surface area contributed by atoms with Crippen LogP contribution in [0.25, 0.3) is 0 Å². The van der Waals surface area contributed by atoms with Gasteiger partial charge in [-0.2, -0.15) is 0 Å². The van der Waals surface area contributed by atoms with Crippen molar-refractivity contribution in [1.29, 1.82) is 0 Å². The van der Waals surface area contributed by atoms with Crippen molar-refractivity contribution < 1.29 is 9.18 Å². The van der Waals surface area contributed by atoms with Crippen molar-refractivity contribution in [2.24, 2.45) is 11.7 Å². The number of nitrogens with one attached hydrogen (secondary N) is 1. The minimum Gasteiger partial charge on any atom is -0.345 e. The Morgan fingerprint density at radius 1 is 1.44 bits per heavy atom. The minimum absolute atomic E-state index is 0.0910. The molecule has 1 aromatic carbocycles. The van der Waals surface area contributed by atoms with Crippen molar-refractivity contribution in [3.63, 3.8) is 0 Å². The highest BCUT2D eigenvalue weighted by molar-refractivity contribution is 5.83. The topological polar surface area (TPSA) is 55.1 Å². The van der Waals surface area contributed by atoms with E-state index in [2.05, 4.69) is 5.32 Å². The smallest absolute Gasteiger partial charge is 0.237 e. The molecule has 1 fully saturated rings. The Morgan fingerprint density at radius 2 is 2.11 bits per heavy atom. The van der Waals surface area contributed by atoms with Gasteiger partial charge in [-0.1, -0.05) is 26.0 Å².